The van der Waals surface area contributed by atoms with Crippen molar-refractivity contribution in [1.29, 1.82) is 0 Å². The second-order valence-corrected chi connectivity index (χ2v) is 4.90. The highest BCUT2D eigenvalue weighted by molar-refractivity contribution is 5.82. The summed E-state index contributed by atoms with van der Waals surface area (Å²) in [5.41, 5.74) is 0. The zero-order chi connectivity index (χ0) is 11.5. The summed E-state index contributed by atoms with van der Waals surface area (Å²) in [7, 11) is 0. The minimum absolute atomic E-state index is 0.00169. The normalized spacial score (nSPS) is 33.1. The summed E-state index contributed by atoms with van der Waals surface area (Å²) in [5.74, 6) is 0.292. The van der Waals surface area contributed by atoms with Crippen molar-refractivity contribution in [3.8, 4) is 0 Å². The van der Waals surface area contributed by atoms with Crippen molar-refractivity contribution in [2.24, 2.45) is 0 Å². The predicted molar refractivity (Wildman–Crippen MR) is 64.3 cm³/mol. The van der Waals surface area contributed by atoms with E-state index in [0.29, 0.717) is 11.9 Å². The van der Waals surface area contributed by atoms with E-state index >= 15 is 0 Å². The first-order valence-corrected chi connectivity index (χ1v) is 6.48. The molecule has 0 aromatic rings. The van der Waals surface area contributed by atoms with Crippen molar-refractivity contribution >= 4 is 5.91 Å². The average Bonchev–Trinajstić information content (AvgIpc) is 2.70. The topological polar surface area (TPSA) is 35.6 Å². The van der Waals surface area contributed by atoms with Crippen LogP contribution in [0.25, 0.3) is 0 Å². The fourth-order valence-electron chi connectivity index (χ4n) is 2.73. The third kappa shape index (κ3) is 2.38. The van der Waals surface area contributed by atoms with E-state index in [0.717, 1.165) is 45.6 Å². The minimum Gasteiger partial charge on any atom is -0.337 e. The number of nitrogens with one attached hydrogen (secondary N) is 1. The van der Waals surface area contributed by atoms with Gasteiger partial charge in [0.15, 0.2) is 0 Å². The molecule has 92 valence electrons. The van der Waals surface area contributed by atoms with Crippen molar-refractivity contribution in [3.63, 3.8) is 0 Å². The molecule has 0 aliphatic carbocycles. The molecule has 2 unspecified atom stereocenters. The number of hydrogen-bond acceptors (Lipinski definition) is 3. The van der Waals surface area contributed by atoms with Gasteiger partial charge in [-0.15, -0.1) is 0 Å². The van der Waals surface area contributed by atoms with Crippen LogP contribution in [0.1, 0.15) is 26.7 Å². The smallest absolute Gasteiger partial charge is 0.239 e. The third-order valence-electron chi connectivity index (χ3n) is 3.82. The molecule has 1 amide bonds. The number of likely N-dealkylation sites (N-methyl/N-ethyl adjacent to an activating group) is 1. The van der Waals surface area contributed by atoms with Crippen LogP contribution in [0.2, 0.25) is 0 Å². The Kier molecular flexibility index (Phi) is 3.82. The Morgan fingerprint density at radius 2 is 2.25 bits per heavy atom. The van der Waals surface area contributed by atoms with E-state index in [1.54, 1.807) is 0 Å². The Hall–Kier alpha value is -0.610. The van der Waals surface area contributed by atoms with Gasteiger partial charge in [-0.2, -0.15) is 0 Å². The van der Waals surface area contributed by atoms with E-state index < -0.39 is 0 Å². The quantitative estimate of drug-likeness (QED) is 0.734. The Labute approximate surface area is 98.0 Å². The molecule has 1 N–H and O–H groups in total. The number of likely N-dealkylation sites (tertiary alicyclic amines) is 1. The molecule has 2 rings (SSSR count). The standard InChI is InChI=1S/C12H23N3O/c1-3-14-8-5-11(9-14)15-7-4-6-13-10(2)12(15)16/h10-11,13H,3-9H2,1-2H3. The molecule has 0 bridgehead atoms. The number of amides is 1. The molecule has 0 aromatic heterocycles. The van der Waals surface area contributed by atoms with Crippen LogP contribution in [0.15, 0.2) is 0 Å². The van der Waals surface area contributed by atoms with Crippen molar-refractivity contribution < 1.29 is 4.79 Å². The molecule has 4 heteroatoms. The fraction of sp³-hybridized carbons (Fsp3) is 0.917. The van der Waals surface area contributed by atoms with Crippen LogP contribution in [-0.2, 0) is 4.79 Å². The second-order valence-electron chi connectivity index (χ2n) is 4.90. The van der Waals surface area contributed by atoms with Crippen LogP contribution in [0, 0.1) is 0 Å². The maximum absolute atomic E-state index is 12.2. The summed E-state index contributed by atoms with van der Waals surface area (Å²) in [5, 5.41) is 3.27. The van der Waals surface area contributed by atoms with E-state index in [1.165, 1.54) is 0 Å². The van der Waals surface area contributed by atoms with Crippen LogP contribution in [-0.4, -0.2) is 60.5 Å². The lowest BCUT2D eigenvalue weighted by molar-refractivity contribution is -0.134. The number of carbonyl (C=O) groups excluding carboxylic acids is 1. The number of carbonyl (C=O) groups is 1. The predicted octanol–water partition coefficient (Wildman–Crippen LogP) is 0.291. The first-order chi connectivity index (χ1) is 7.72. The molecule has 2 aliphatic heterocycles. The Balaban J connectivity index is 1.99. The molecular formula is C12H23N3O. The van der Waals surface area contributed by atoms with Crippen LogP contribution >= 0.6 is 0 Å². The molecular weight excluding hydrogens is 202 g/mol. The van der Waals surface area contributed by atoms with Gasteiger partial charge in [0.2, 0.25) is 5.91 Å². The van der Waals surface area contributed by atoms with Gasteiger partial charge in [-0.05, 0) is 32.9 Å². The van der Waals surface area contributed by atoms with Gasteiger partial charge in [0.25, 0.3) is 0 Å². The lowest BCUT2D eigenvalue weighted by Crippen LogP contribution is -2.47. The molecule has 2 saturated heterocycles. The van der Waals surface area contributed by atoms with Gasteiger partial charge in [0, 0.05) is 25.7 Å². The first-order valence-electron chi connectivity index (χ1n) is 6.48. The van der Waals surface area contributed by atoms with Gasteiger partial charge >= 0.3 is 0 Å². The van der Waals surface area contributed by atoms with Gasteiger partial charge < -0.3 is 15.1 Å². The molecule has 0 spiro atoms. The Morgan fingerprint density at radius 1 is 1.44 bits per heavy atom. The van der Waals surface area contributed by atoms with Crippen LogP contribution in [0.4, 0.5) is 0 Å². The van der Waals surface area contributed by atoms with Crippen molar-refractivity contribution in [2.75, 3.05) is 32.7 Å². The largest absolute Gasteiger partial charge is 0.337 e. The van der Waals surface area contributed by atoms with Gasteiger partial charge in [0.05, 0.1) is 6.04 Å². The fourth-order valence-corrected chi connectivity index (χ4v) is 2.73. The summed E-state index contributed by atoms with van der Waals surface area (Å²) in [4.78, 5) is 16.7. The molecule has 0 radical (unpaired) electrons. The van der Waals surface area contributed by atoms with Crippen LogP contribution in [0.5, 0.6) is 0 Å². The Morgan fingerprint density at radius 3 is 2.94 bits per heavy atom. The van der Waals surface area contributed by atoms with E-state index in [9.17, 15) is 4.79 Å². The highest BCUT2D eigenvalue weighted by Gasteiger charge is 2.32. The van der Waals surface area contributed by atoms with Gasteiger partial charge in [-0.25, -0.2) is 0 Å². The summed E-state index contributed by atoms with van der Waals surface area (Å²) in [6, 6.07) is 0.452. The SMILES string of the molecule is CCN1CCC(N2CCCNC(C)C2=O)C1. The zero-order valence-corrected chi connectivity index (χ0v) is 10.4. The monoisotopic (exact) mass is 225 g/mol. The van der Waals surface area contributed by atoms with Gasteiger partial charge in [-0.1, -0.05) is 6.92 Å². The number of nitrogens with zero attached hydrogens (tertiary/aromatic N) is 2. The van der Waals surface area contributed by atoms with Gasteiger partial charge in [-0.3, -0.25) is 4.79 Å². The van der Waals surface area contributed by atoms with Crippen molar-refractivity contribution in [3.05, 3.63) is 0 Å². The van der Waals surface area contributed by atoms with E-state index in [4.69, 9.17) is 0 Å². The molecule has 0 saturated carbocycles. The average molecular weight is 225 g/mol. The summed E-state index contributed by atoms with van der Waals surface area (Å²) < 4.78 is 0. The van der Waals surface area contributed by atoms with Crippen LogP contribution < -0.4 is 5.32 Å². The highest BCUT2D eigenvalue weighted by Crippen LogP contribution is 2.17. The first kappa shape index (κ1) is 11.9. The molecule has 2 heterocycles. The lowest BCUT2D eigenvalue weighted by atomic mass is 10.2. The minimum atomic E-state index is -0.00169. The van der Waals surface area contributed by atoms with E-state index in [1.807, 2.05) is 6.92 Å². The maximum atomic E-state index is 12.2. The van der Waals surface area contributed by atoms with Crippen molar-refractivity contribution in [1.82, 2.24) is 15.1 Å². The zero-order valence-electron chi connectivity index (χ0n) is 10.4. The van der Waals surface area contributed by atoms with Crippen molar-refractivity contribution in [2.45, 2.75) is 38.8 Å². The van der Waals surface area contributed by atoms with Crippen LogP contribution in [0.3, 0.4) is 0 Å². The maximum Gasteiger partial charge on any atom is 0.239 e. The van der Waals surface area contributed by atoms with Gasteiger partial charge in [0.1, 0.15) is 0 Å². The number of rotatable bonds is 2. The Bertz CT molecular complexity index is 257. The lowest BCUT2D eigenvalue weighted by Gasteiger charge is -2.29. The summed E-state index contributed by atoms with van der Waals surface area (Å²) >= 11 is 0. The summed E-state index contributed by atoms with van der Waals surface area (Å²) in [6.07, 6.45) is 2.23. The molecule has 4 nitrogen and oxygen atoms in total. The number of hydrogen-bond donors (Lipinski definition) is 1. The summed E-state index contributed by atoms with van der Waals surface area (Å²) in [6.45, 7) is 9.38. The molecule has 2 atom stereocenters. The van der Waals surface area contributed by atoms with E-state index in [-0.39, 0.29) is 6.04 Å². The molecule has 16 heavy (non-hydrogen) atoms. The second kappa shape index (κ2) is 5.15. The highest BCUT2D eigenvalue weighted by atomic mass is 16.2. The third-order valence-corrected chi connectivity index (χ3v) is 3.82. The molecule has 2 aliphatic rings. The van der Waals surface area contributed by atoms with E-state index in [2.05, 4.69) is 22.0 Å². The molecule has 2 fully saturated rings. The molecule has 0 aromatic carbocycles.